The van der Waals surface area contributed by atoms with Gasteiger partial charge in [0.25, 0.3) is 0 Å². The van der Waals surface area contributed by atoms with E-state index in [4.69, 9.17) is 11.6 Å². The van der Waals surface area contributed by atoms with Crippen molar-refractivity contribution >= 4 is 17.2 Å². The molecule has 7 unspecified atom stereocenters. The SMILES string of the molecule is CC12CCC(O)CC1=CC(O)C1C2CCC2(CO)C(c3cccnc3)=C(Cl)CC12. The van der Waals surface area contributed by atoms with Gasteiger partial charge in [0.15, 0.2) is 0 Å². The highest BCUT2D eigenvalue weighted by atomic mass is 35.5. The molecule has 4 nitrogen and oxygen atoms in total. The van der Waals surface area contributed by atoms with E-state index in [0.29, 0.717) is 18.8 Å². The Morgan fingerprint density at radius 2 is 2.00 bits per heavy atom. The van der Waals surface area contributed by atoms with Gasteiger partial charge in [0.1, 0.15) is 0 Å². The summed E-state index contributed by atoms with van der Waals surface area (Å²) < 4.78 is 0. The molecule has 5 rings (SSSR count). The van der Waals surface area contributed by atoms with Crippen LogP contribution in [0, 0.1) is 28.6 Å². The van der Waals surface area contributed by atoms with Crippen molar-refractivity contribution in [1.82, 2.24) is 4.98 Å². The lowest BCUT2D eigenvalue weighted by molar-refractivity contribution is -0.0884. The molecule has 4 aliphatic carbocycles. The average Bonchev–Trinajstić information content (AvgIpc) is 3.02. The monoisotopic (exact) mass is 415 g/mol. The molecule has 0 radical (unpaired) electrons. The Kier molecular flexibility index (Phi) is 4.71. The molecule has 5 heteroatoms. The van der Waals surface area contributed by atoms with E-state index in [1.807, 2.05) is 24.4 Å². The summed E-state index contributed by atoms with van der Waals surface area (Å²) in [5, 5.41) is 32.9. The normalized spacial score (nSPS) is 44.0. The Morgan fingerprint density at radius 1 is 1.17 bits per heavy atom. The molecule has 0 spiro atoms. The quantitative estimate of drug-likeness (QED) is 0.640. The Morgan fingerprint density at radius 3 is 2.72 bits per heavy atom. The van der Waals surface area contributed by atoms with E-state index >= 15 is 0 Å². The van der Waals surface area contributed by atoms with Gasteiger partial charge in [-0.3, -0.25) is 4.98 Å². The summed E-state index contributed by atoms with van der Waals surface area (Å²) in [4.78, 5) is 4.28. The fourth-order valence-corrected chi connectivity index (χ4v) is 7.78. The summed E-state index contributed by atoms with van der Waals surface area (Å²) in [6, 6.07) is 3.94. The molecule has 0 amide bonds. The second-order valence-electron chi connectivity index (χ2n) is 9.87. The van der Waals surface area contributed by atoms with E-state index in [1.54, 1.807) is 6.20 Å². The van der Waals surface area contributed by atoms with Crippen molar-refractivity contribution < 1.29 is 15.3 Å². The molecule has 1 heterocycles. The largest absolute Gasteiger partial charge is 0.395 e. The predicted octanol–water partition coefficient (Wildman–Crippen LogP) is 3.91. The Balaban J connectivity index is 1.57. The van der Waals surface area contributed by atoms with Crippen molar-refractivity contribution in [1.29, 1.82) is 0 Å². The number of halogens is 1. The smallest absolute Gasteiger partial charge is 0.0757 e. The number of aliphatic hydroxyl groups is 3. The van der Waals surface area contributed by atoms with Crippen LogP contribution in [0.5, 0.6) is 0 Å². The van der Waals surface area contributed by atoms with E-state index in [-0.39, 0.29) is 30.0 Å². The zero-order valence-electron chi connectivity index (χ0n) is 16.9. The Labute approximate surface area is 177 Å². The van der Waals surface area contributed by atoms with Gasteiger partial charge in [0.05, 0.1) is 18.8 Å². The molecule has 0 aliphatic heterocycles. The number of aromatic nitrogens is 1. The number of rotatable bonds is 2. The molecular weight excluding hydrogens is 386 g/mol. The van der Waals surface area contributed by atoms with Gasteiger partial charge in [-0.2, -0.15) is 0 Å². The van der Waals surface area contributed by atoms with E-state index < -0.39 is 11.5 Å². The number of allylic oxidation sites excluding steroid dienone is 1. The maximum absolute atomic E-state index is 11.2. The number of aliphatic hydroxyl groups excluding tert-OH is 3. The molecule has 0 bridgehead atoms. The third-order valence-electron chi connectivity index (χ3n) is 8.71. The van der Waals surface area contributed by atoms with Gasteiger partial charge in [0.2, 0.25) is 0 Å². The van der Waals surface area contributed by atoms with Crippen LogP contribution in [-0.2, 0) is 0 Å². The van der Waals surface area contributed by atoms with Gasteiger partial charge in [-0.25, -0.2) is 0 Å². The lowest BCUT2D eigenvalue weighted by Crippen LogP contribution is -2.55. The van der Waals surface area contributed by atoms with E-state index in [9.17, 15) is 15.3 Å². The minimum atomic E-state index is -0.553. The number of nitrogens with zero attached hydrogens (tertiary/aromatic N) is 1. The highest BCUT2D eigenvalue weighted by Crippen LogP contribution is 2.67. The lowest BCUT2D eigenvalue weighted by Gasteiger charge is -2.59. The molecular formula is C24H30ClNO3. The molecule has 3 N–H and O–H groups in total. The maximum atomic E-state index is 11.2. The van der Waals surface area contributed by atoms with E-state index in [1.165, 1.54) is 5.57 Å². The molecule has 7 atom stereocenters. The van der Waals surface area contributed by atoms with Crippen LogP contribution >= 0.6 is 11.6 Å². The molecule has 0 aromatic carbocycles. The van der Waals surface area contributed by atoms with Crippen LogP contribution < -0.4 is 0 Å². The first-order valence-corrected chi connectivity index (χ1v) is 11.3. The summed E-state index contributed by atoms with van der Waals surface area (Å²) in [7, 11) is 0. The van der Waals surface area contributed by atoms with Gasteiger partial charge >= 0.3 is 0 Å². The van der Waals surface area contributed by atoms with Gasteiger partial charge in [-0.05, 0) is 78.9 Å². The zero-order valence-corrected chi connectivity index (χ0v) is 17.6. The van der Waals surface area contributed by atoms with E-state index in [2.05, 4.69) is 11.9 Å². The van der Waals surface area contributed by atoms with Gasteiger partial charge in [-0.1, -0.05) is 36.2 Å². The number of hydrogen-bond donors (Lipinski definition) is 3. The van der Waals surface area contributed by atoms with Crippen molar-refractivity contribution in [3.63, 3.8) is 0 Å². The highest BCUT2D eigenvalue weighted by molar-refractivity contribution is 6.33. The highest BCUT2D eigenvalue weighted by Gasteiger charge is 2.61. The molecule has 2 saturated carbocycles. The summed E-state index contributed by atoms with van der Waals surface area (Å²) in [5.74, 6) is 0.542. The average molecular weight is 416 g/mol. The third kappa shape index (κ3) is 2.72. The van der Waals surface area contributed by atoms with Crippen molar-refractivity contribution in [2.75, 3.05) is 6.61 Å². The Bertz CT molecular complexity index is 868. The summed E-state index contributed by atoms with van der Waals surface area (Å²) in [5.41, 5.74) is 2.85. The van der Waals surface area contributed by atoms with Crippen molar-refractivity contribution in [3.05, 3.63) is 46.8 Å². The minimum absolute atomic E-state index is 0.0221. The van der Waals surface area contributed by atoms with E-state index in [0.717, 1.165) is 41.9 Å². The fraction of sp³-hybridized carbons (Fsp3) is 0.625. The molecule has 29 heavy (non-hydrogen) atoms. The van der Waals surface area contributed by atoms with Crippen molar-refractivity contribution in [3.8, 4) is 0 Å². The van der Waals surface area contributed by atoms with Crippen LogP contribution in [0.3, 0.4) is 0 Å². The molecule has 4 aliphatic rings. The summed E-state index contributed by atoms with van der Waals surface area (Å²) in [6.07, 6.45) is 9.74. The van der Waals surface area contributed by atoms with Gasteiger partial charge in [-0.15, -0.1) is 0 Å². The summed E-state index contributed by atoms with van der Waals surface area (Å²) >= 11 is 6.84. The van der Waals surface area contributed by atoms with Crippen molar-refractivity contribution in [2.24, 2.45) is 28.6 Å². The first kappa shape index (κ1) is 19.7. The maximum Gasteiger partial charge on any atom is 0.0757 e. The van der Waals surface area contributed by atoms with Crippen LogP contribution in [0.1, 0.15) is 51.0 Å². The summed E-state index contributed by atoms with van der Waals surface area (Å²) in [6.45, 7) is 2.37. The fourth-order valence-electron chi connectivity index (χ4n) is 7.31. The molecule has 0 saturated heterocycles. The van der Waals surface area contributed by atoms with Crippen LogP contribution in [-0.4, -0.2) is 39.1 Å². The van der Waals surface area contributed by atoms with Gasteiger partial charge < -0.3 is 15.3 Å². The number of pyridine rings is 1. The molecule has 2 fully saturated rings. The van der Waals surface area contributed by atoms with Crippen LogP contribution in [0.4, 0.5) is 0 Å². The second kappa shape index (κ2) is 6.91. The standard InChI is InChI=1S/C24H30ClNO3/c1-23-6-4-16(28)9-15(23)10-20(29)21-17(23)5-7-24(13-27)18(21)11-19(25)22(24)14-3-2-8-26-12-14/h2-3,8,10,12,16-18,20-21,27-29H,4-7,9,11,13H2,1H3. The van der Waals surface area contributed by atoms with Crippen LogP contribution in [0.2, 0.25) is 0 Å². The van der Waals surface area contributed by atoms with Gasteiger partial charge in [0, 0.05) is 22.8 Å². The second-order valence-corrected chi connectivity index (χ2v) is 10.3. The molecule has 156 valence electrons. The number of hydrogen-bond acceptors (Lipinski definition) is 4. The van der Waals surface area contributed by atoms with Crippen LogP contribution in [0.15, 0.2) is 41.2 Å². The topological polar surface area (TPSA) is 73.6 Å². The Hall–Kier alpha value is -1.20. The number of fused-ring (bicyclic) bond motifs is 5. The first-order chi connectivity index (χ1) is 13.9. The zero-order chi connectivity index (χ0) is 20.4. The predicted molar refractivity (Wildman–Crippen MR) is 113 cm³/mol. The third-order valence-corrected chi connectivity index (χ3v) is 9.06. The lowest BCUT2D eigenvalue weighted by atomic mass is 9.46. The molecule has 1 aromatic heterocycles. The minimum Gasteiger partial charge on any atom is -0.395 e. The molecule has 1 aromatic rings. The van der Waals surface area contributed by atoms with Crippen molar-refractivity contribution in [2.45, 2.75) is 57.7 Å². The van der Waals surface area contributed by atoms with Crippen LogP contribution in [0.25, 0.3) is 5.57 Å². The first-order valence-electron chi connectivity index (χ1n) is 10.9.